The summed E-state index contributed by atoms with van der Waals surface area (Å²) in [5.41, 5.74) is 13.2. The summed E-state index contributed by atoms with van der Waals surface area (Å²) in [5, 5.41) is 14.1. The quantitative estimate of drug-likeness (QED) is 0.190. The predicted octanol–water partition coefficient (Wildman–Crippen LogP) is 12.7. The van der Waals surface area contributed by atoms with Gasteiger partial charge in [-0.1, -0.05) is 129 Å². The highest BCUT2D eigenvalue weighted by molar-refractivity contribution is 6.14. The Bertz CT molecular complexity index is 2590. The van der Waals surface area contributed by atoms with Crippen LogP contribution in [-0.2, 0) is 12.8 Å². The molecule has 0 saturated heterocycles. The molecule has 0 spiro atoms. The summed E-state index contributed by atoms with van der Waals surface area (Å²) in [4.78, 5) is 0. The molecule has 0 radical (unpaired) electrons. The van der Waals surface area contributed by atoms with Gasteiger partial charge in [0.05, 0.1) is 0 Å². The van der Waals surface area contributed by atoms with E-state index in [0.717, 1.165) is 19.4 Å². The van der Waals surface area contributed by atoms with Crippen molar-refractivity contribution < 1.29 is 0 Å². The Hall–Kier alpha value is -5.66. The minimum absolute atomic E-state index is 0.842. The SMILES string of the molecule is CCc1c(C2=Cc3ccccc3NC2)ccc2ccc(-c3ccc4ccc(-c5cc6ccccc6c6ccccc56)c(CC)c4c3)cc12. The minimum Gasteiger partial charge on any atom is -0.380 e. The third-order valence-electron chi connectivity index (χ3n) is 10.5. The normalized spacial score (nSPS) is 12.8. The highest BCUT2D eigenvalue weighted by Gasteiger charge is 2.17. The zero-order chi connectivity index (χ0) is 32.2. The maximum absolute atomic E-state index is 3.64. The lowest BCUT2D eigenvalue weighted by Crippen LogP contribution is -2.11. The first-order valence-corrected chi connectivity index (χ1v) is 17.3. The molecule has 0 fully saturated rings. The van der Waals surface area contributed by atoms with Crippen molar-refractivity contribution in [1.29, 1.82) is 0 Å². The Morgan fingerprint density at radius 1 is 0.458 bits per heavy atom. The van der Waals surface area contributed by atoms with Gasteiger partial charge in [0.2, 0.25) is 0 Å². The van der Waals surface area contributed by atoms with Gasteiger partial charge in [0.15, 0.2) is 0 Å². The summed E-state index contributed by atoms with van der Waals surface area (Å²) >= 11 is 0. The second-order valence-electron chi connectivity index (χ2n) is 13.1. The molecule has 8 aromatic carbocycles. The van der Waals surface area contributed by atoms with Crippen molar-refractivity contribution >= 4 is 60.4 Å². The van der Waals surface area contributed by atoms with E-state index in [4.69, 9.17) is 0 Å². The zero-order valence-corrected chi connectivity index (χ0v) is 27.5. The molecule has 0 unspecified atom stereocenters. The Kier molecular flexibility index (Phi) is 6.87. The van der Waals surface area contributed by atoms with E-state index in [1.54, 1.807) is 0 Å². The molecule has 0 bridgehead atoms. The first-order chi connectivity index (χ1) is 23.7. The van der Waals surface area contributed by atoms with Crippen LogP contribution in [0.4, 0.5) is 5.69 Å². The molecule has 0 saturated carbocycles. The highest BCUT2D eigenvalue weighted by atomic mass is 14.9. The Morgan fingerprint density at radius 3 is 1.77 bits per heavy atom. The number of anilines is 1. The van der Waals surface area contributed by atoms with Gasteiger partial charge in [-0.3, -0.25) is 0 Å². The fourth-order valence-corrected chi connectivity index (χ4v) is 8.10. The van der Waals surface area contributed by atoms with Gasteiger partial charge in [-0.15, -0.1) is 0 Å². The van der Waals surface area contributed by atoms with Crippen LogP contribution in [0.2, 0.25) is 0 Å². The average molecular weight is 616 g/mol. The topological polar surface area (TPSA) is 12.0 Å². The van der Waals surface area contributed by atoms with E-state index in [2.05, 4.69) is 165 Å². The summed E-state index contributed by atoms with van der Waals surface area (Å²) in [6.45, 7) is 5.43. The minimum atomic E-state index is 0.842. The van der Waals surface area contributed by atoms with Crippen molar-refractivity contribution in [3.63, 3.8) is 0 Å². The fourth-order valence-electron chi connectivity index (χ4n) is 8.10. The van der Waals surface area contributed by atoms with Crippen LogP contribution in [0.3, 0.4) is 0 Å². The number of hydrogen-bond acceptors (Lipinski definition) is 1. The number of fused-ring (bicyclic) bond motifs is 6. The maximum Gasteiger partial charge on any atom is 0.0416 e. The molecule has 1 heteroatoms. The lowest BCUT2D eigenvalue weighted by molar-refractivity contribution is 1.14. The molecule has 1 nitrogen and oxygen atoms in total. The van der Waals surface area contributed by atoms with Gasteiger partial charge in [0, 0.05) is 12.2 Å². The van der Waals surface area contributed by atoms with E-state index < -0.39 is 0 Å². The van der Waals surface area contributed by atoms with Gasteiger partial charge < -0.3 is 5.32 Å². The van der Waals surface area contributed by atoms with Crippen LogP contribution in [0.1, 0.15) is 36.1 Å². The third-order valence-corrected chi connectivity index (χ3v) is 10.5. The highest BCUT2D eigenvalue weighted by Crippen LogP contribution is 2.40. The molecule has 1 N–H and O–H groups in total. The van der Waals surface area contributed by atoms with Gasteiger partial charge in [-0.05, 0) is 136 Å². The first kappa shape index (κ1) is 28.6. The monoisotopic (exact) mass is 615 g/mol. The molecule has 230 valence electrons. The van der Waals surface area contributed by atoms with Crippen molar-refractivity contribution in [2.45, 2.75) is 26.7 Å². The summed E-state index contributed by atoms with van der Waals surface area (Å²) in [7, 11) is 0. The maximum atomic E-state index is 3.64. The number of rotatable bonds is 5. The number of benzene rings is 8. The number of hydrogen-bond donors (Lipinski definition) is 1. The third kappa shape index (κ3) is 4.61. The molecule has 0 atom stereocenters. The largest absolute Gasteiger partial charge is 0.380 e. The second-order valence-corrected chi connectivity index (χ2v) is 13.1. The van der Waals surface area contributed by atoms with Gasteiger partial charge >= 0.3 is 0 Å². The van der Waals surface area contributed by atoms with Crippen molar-refractivity contribution in [3.05, 3.63) is 162 Å². The van der Waals surface area contributed by atoms with Gasteiger partial charge in [0.1, 0.15) is 0 Å². The van der Waals surface area contributed by atoms with Crippen LogP contribution in [0.25, 0.3) is 77.0 Å². The number of aryl methyl sites for hydroxylation is 2. The van der Waals surface area contributed by atoms with Crippen LogP contribution >= 0.6 is 0 Å². The second kappa shape index (κ2) is 11.5. The van der Waals surface area contributed by atoms with E-state index in [0.29, 0.717) is 0 Å². The predicted molar refractivity (Wildman–Crippen MR) is 209 cm³/mol. The molecule has 9 rings (SSSR count). The van der Waals surface area contributed by atoms with Crippen LogP contribution in [-0.4, -0.2) is 6.54 Å². The summed E-state index contributed by atoms with van der Waals surface area (Å²) in [6, 6.07) is 52.0. The van der Waals surface area contributed by atoms with Crippen LogP contribution in [0.5, 0.6) is 0 Å². The molecule has 1 aliphatic heterocycles. The van der Waals surface area contributed by atoms with Crippen LogP contribution in [0.15, 0.2) is 140 Å². The molecule has 1 aliphatic rings. The molecule has 48 heavy (non-hydrogen) atoms. The molecule has 0 aliphatic carbocycles. The van der Waals surface area contributed by atoms with E-state index >= 15 is 0 Å². The first-order valence-electron chi connectivity index (χ1n) is 17.3. The van der Waals surface area contributed by atoms with Crippen molar-refractivity contribution in [2.75, 3.05) is 11.9 Å². The van der Waals surface area contributed by atoms with E-state index in [-0.39, 0.29) is 0 Å². The van der Waals surface area contributed by atoms with E-state index in [1.165, 1.54) is 98.9 Å². The van der Waals surface area contributed by atoms with E-state index in [9.17, 15) is 0 Å². The van der Waals surface area contributed by atoms with E-state index in [1.807, 2.05) is 0 Å². The Balaban J connectivity index is 1.19. The summed E-state index contributed by atoms with van der Waals surface area (Å²) in [5.74, 6) is 0. The number of nitrogens with one attached hydrogen (secondary N) is 1. The lowest BCUT2D eigenvalue weighted by Gasteiger charge is -2.22. The lowest BCUT2D eigenvalue weighted by atomic mass is 9.86. The summed E-state index contributed by atoms with van der Waals surface area (Å²) < 4.78 is 0. The fraction of sp³-hybridized carbons (Fsp3) is 0.106. The van der Waals surface area contributed by atoms with Crippen molar-refractivity contribution in [3.8, 4) is 22.3 Å². The molecular weight excluding hydrogens is 579 g/mol. The van der Waals surface area contributed by atoms with Gasteiger partial charge in [0.25, 0.3) is 0 Å². The zero-order valence-electron chi connectivity index (χ0n) is 27.5. The smallest absolute Gasteiger partial charge is 0.0416 e. The van der Waals surface area contributed by atoms with Crippen LogP contribution < -0.4 is 5.32 Å². The van der Waals surface area contributed by atoms with Crippen molar-refractivity contribution in [2.24, 2.45) is 0 Å². The molecule has 8 aromatic rings. The molecule has 0 amide bonds. The molecule has 1 heterocycles. The Labute approximate surface area is 282 Å². The average Bonchev–Trinajstić information content (AvgIpc) is 3.16. The van der Waals surface area contributed by atoms with Gasteiger partial charge in [-0.2, -0.15) is 0 Å². The van der Waals surface area contributed by atoms with Gasteiger partial charge in [-0.25, -0.2) is 0 Å². The number of para-hydroxylation sites is 1. The standard InChI is InChI=1S/C47H37N/c1-3-37-40(36-25-35-12-6-10-16-47(35)48-29-36)23-21-30-17-19-32(26-44(30)37)33-20-18-31-22-24-43(38(4-2)45(31)27-33)46-28-34-11-5-7-13-39(34)41-14-8-9-15-42(41)46/h5-28,48H,3-4,29H2,1-2H3. The Morgan fingerprint density at radius 2 is 1.04 bits per heavy atom. The summed E-state index contributed by atoms with van der Waals surface area (Å²) in [6.07, 6.45) is 4.31. The molecular formula is C47H37N. The van der Waals surface area contributed by atoms with Crippen LogP contribution in [0, 0.1) is 0 Å². The van der Waals surface area contributed by atoms with Crippen molar-refractivity contribution in [1.82, 2.24) is 0 Å². The molecule has 0 aromatic heterocycles.